The van der Waals surface area contributed by atoms with Crippen molar-refractivity contribution < 1.29 is 8.42 Å². The Kier molecular flexibility index (Phi) is 5.97. The molecule has 0 aliphatic heterocycles. The quantitative estimate of drug-likeness (QED) is 0.576. The molecule has 2 aromatic rings. The molecular weight excluding hydrogens is 342 g/mol. The molecule has 2 rings (SSSR count). The van der Waals surface area contributed by atoms with Gasteiger partial charge in [-0.1, -0.05) is 37.3 Å². The van der Waals surface area contributed by atoms with Crippen LogP contribution in [0.2, 0.25) is 0 Å². The molecule has 7 nitrogen and oxygen atoms in total. The molecule has 25 heavy (non-hydrogen) atoms. The van der Waals surface area contributed by atoms with E-state index >= 15 is 0 Å². The van der Waals surface area contributed by atoms with Crippen molar-refractivity contribution in [2.45, 2.75) is 31.3 Å². The van der Waals surface area contributed by atoms with Gasteiger partial charge >= 0.3 is 5.69 Å². The van der Waals surface area contributed by atoms with Crippen LogP contribution >= 0.6 is 0 Å². The Balaban J connectivity index is 2.86. The first-order chi connectivity index (χ1) is 11.8. The van der Waals surface area contributed by atoms with Crippen LogP contribution in [-0.2, 0) is 23.4 Å². The van der Waals surface area contributed by atoms with E-state index in [-0.39, 0.29) is 22.9 Å². The van der Waals surface area contributed by atoms with Crippen molar-refractivity contribution >= 4 is 9.84 Å². The summed E-state index contributed by atoms with van der Waals surface area (Å²) in [6, 6.07) is 8.56. The minimum Gasteiger partial charge on any atom is -0.330 e. The minimum absolute atomic E-state index is 0.0392. The fourth-order valence-electron chi connectivity index (χ4n) is 2.71. The van der Waals surface area contributed by atoms with Gasteiger partial charge in [0.05, 0.1) is 11.3 Å². The molecule has 0 aliphatic carbocycles. The van der Waals surface area contributed by atoms with Crippen molar-refractivity contribution in [2.75, 3.05) is 12.3 Å². The van der Waals surface area contributed by atoms with Crippen LogP contribution in [0.1, 0.15) is 19.8 Å². The van der Waals surface area contributed by atoms with E-state index in [1.165, 1.54) is 14.0 Å². The average molecular weight is 365 g/mol. The SMILES string of the molecule is CCS(=O)(=O)c1c(-c2ccccc2)c(=O)n(CCCCN)c(=O)n1C. The van der Waals surface area contributed by atoms with E-state index in [9.17, 15) is 18.0 Å². The number of benzene rings is 1. The summed E-state index contributed by atoms with van der Waals surface area (Å²) < 4.78 is 27.3. The van der Waals surface area contributed by atoms with Crippen LogP contribution in [0, 0.1) is 0 Å². The molecule has 0 spiro atoms. The van der Waals surface area contributed by atoms with Crippen LogP contribution in [0.4, 0.5) is 0 Å². The first-order valence-electron chi connectivity index (χ1n) is 8.17. The third-order valence-electron chi connectivity index (χ3n) is 4.07. The minimum atomic E-state index is -3.76. The van der Waals surface area contributed by atoms with Gasteiger partial charge in [0.2, 0.25) is 0 Å². The van der Waals surface area contributed by atoms with Crippen LogP contribution in [0.5, 0.6) is 0 Å². The Labute approximate surface area is 146 Å². The number of sulfone groups is 1. The number of rotatable bonds is 7. The van der Waals surface area contributed by atoms with Gasteiger partial charge in [0, 0.05) is 13.6 Å². The van der Waals surface area contributed by atoms with Crippen LogP contribution < -0.4 is 17.0 Å². The fraction of sp³-hybridized carbons (Fsp3) is 0.412. The largest absolute Gasteiger partial charge is 0.331 e. The lowest BCUT2D eigenvalue weighted by molar-refractivity contribution is 0.524. The Morgan fingerprint density at radius 3 is 2.28 bits per heavy atom. The van der Waals surface area contributed by atoms with Crippen molar-refractivity contribution in [3.05, 3.63) is 51.2 Å². The number of nitrogens with two attached hydrogens (primary N) is 1. The molecule has 1 aromatic heterocycles. The molecule has 0 bridgehead atoms. The third-order valence-corrected chi connectivity index (χ3v) is 5.90. The van der Waals surface area contributed by atoms with Crippen LogP contribution in [0.25, 0.3) is 11.1 Å². The monoisotopic (exact) mass is 365 g/mol. The number of aromatic nitrogens is 2. The third kappa shape index (κ3) is 3.74. The fourth-order valence-corrected chi connectivity index (χ4v) is 4.00. The topological polar surface area (TPSA) is 104 Å². The second-order valence-electron chi connectivity index (χ2n) is 5.74. The standard InChI is InChI=1S/C17H23N3O4S/c1-3-25(23,24)16-14(13-9-5-4-6-10-13)15(21)20(12-8-7-11-18)17(22)19(16)2/h4-6,9-10H,3,7-8,11-12,18H2,1-2H3. The second kappa shape index (κ2) is 7.79. The van der Waals surface area contributed by atoms with Gasteiger partial charge in [-0.25, -0.2) is 13.2 Å². The predicted octanol–water partition coefficient (Wildman–Crippen LogP) is 0.747. The number of hydrogen-bond donors (Lipinski definition) is 1. The Morgan fingerprint density at radius 1 is 1.08 bits per heavy atom. The second-order valence-corrected chi connectivity index (χ2v) is 7.94. The van der Waals surface area contributed by atoms with Gasteiger partial charge in [-0.3, -0.25) is 13.9 Å². The number of hydrogen-bond acceptors (Lipinski definition) is 5. The number of nitrogens with zero attached hydrogens (tertiary/aromatic N) is 2. The molecular formula is C17H23N3O4S. The molecule has 1 heterocycles. The maximum atomic E-state index is 13.0. The van der Waals surface area contributed by atoms with Gasteiger partial charge in [-0.2, -0.15) is 0 Å². The van der Waals surface area contributed by atoms with E-state index < -0.39 is 21.1 Å². The van der Waals surface area contributed by atoms with Crippen molar-refractivity contribution in [1.29, 1.82) is 0 Å². The van der Waals surface area contributed by atoms with Gasteiger partial charge in [-0.05, 0) is 24.9 Å². The molecule has 0 saturated heterocycles. The summed E-state index contributed by atoms with van der Waals surface area (Å²) in [5, 5.41) is -0.230. The molecule has 136 valence electrons. The van der Waals surface area contributed by atoms with Gasteiger partial charge in [0.15, 0.2) is 14.9 Å². The van der Waals surface area contributed by atoms with Crippen molar-refractivity contribution in [2.24, 2.45) is 12.8 Å². The first-order valence-corrected chi connectivity index (χ1v) is 9.82. The molecule has 0 atom stereocenters. The highest BCUT2D eigenvalue weighted by Gasteiger charge is 2.26. The van der Waals surface area contributed by atoms with E-state index in [2.05, 4.69) is 0 Å². The lowest BCUT2D eigenvalue weighted by Crippen LogP contribution is -2.42. The Bertz CT molecular complexity index is 960. The van der Waals surface area contributed by atoms with E-state index in [1.54, 1.807) is 30.3 Å². The molecule has 0 saturated carbocycles. The molecule has 1 aromatic carbocycles. The zero-order valence-electron chi connectivity index (χ0n) is 14.4. The molecule has 2 N–H and O–H groups in total. The highest BCUT2D eigenvalue weighted by molar-refractivity contribution is 7.91. The summed E-state index contributed by atoms with van der Waals surface area (Å²) in [6.07, 6.45) is 1.24. The van der Waals surface area contributed by atoms with Gasteiger partial charge < -0.3 is 5.73 Å². The maximum absolute atomic E-state index is 13.0. The molecule has 0 radical (unpaired) electrons. The lowest BCUT2D eigenvalue weighted by Gasteiger charge is -2.16. The van der Waals surface area contributed by atoms with Crippen molar-refractivity contribution in [1.82, 2.24) is 9.13 Å². The van der Waals surface area contributed by atoms with Gasteiger partial charge in [0.1, 0.15) is 0 Å². The maximum Gasteiger partial charge on any atom is 0.331 e. The summed E-state index contributed by atoms with van der Waals surface area (Å²) in [6.45, 7) is 2.15. The van der Waals surface area contributed by atoms with E-state index in [0.717, 1.165) is 9.13 Å². The van der Waals surface area contributed by atoms with Crippen molar-refractivity contribution in [3.8, 4) is 11.1 Å². The zero-order valence-corrected chi connectivity index (χ0v) is 15.3. The lowest BCUT2D eigenvalue weighted by atomic mass is 10.1. The summed E-state index contributed by atoms with van der Waals surface area (Å²) in [4.78, 5) is 25.6. The summed E-state index contributed by atoms with van der Waals surface area (Å²) in [5.41, 5.74) is 4.77. The molecule has 0 amide bonds. The van der Waals surface area contributed by atoms with Crippen LogP contribution in [0.3, 0.4) is 0 Å². The normalized spacial score (nSPS) is 11.6. The van der Waals surface area contributed by atoms with Crippen molar-refractivity contribution in [3.63, 3.8) is 0 Å². The van der Waals surface area contributed by atoms with E-state index in [4.69, 9.17) is 5.73 Å². The molecule has 0 unspecified atom stereocenters. The summed E-state index contributed by atoms with van der Waals surface area (Å²) in [7, 11) is -2.38. The van der Waals surface area contributed by atoms with E-state index in [0.29, 0.717) is 24.9 Å². The molecule has 0 aliphatic rings. The van der Waals surface area contributed by atoms with Crippen LogP contribution in [-0.4, -0.2) is 29.8 Å². The predicted molar refractivity (Wildman–Crippen MR) is 97.4 cm³/mol. The summed E-state index contributed by atoms with van der Waals surface area (Å²) >= 11 is 0. The highest BCUT2D eigenvalue weighted by Crippen LogP contribution is 2.23. The summed E-state index contributed by atoms with van der Waals surface area (Å²) in [5.74, 6) is -0.198. The molecule has 0 fully saturated rings. The smallest absolute Gasteiger partial charge is 0.330 e. The first kappa shape index (κ1) is 19.1. The highest BCUT2D eigenvalue weighted by atomic mass is 32.2. The van der Waals surface area contributed by atoms with Gasteiger partial charge in [0.25, 0.3) is 5.56 Å². The van der Waals surface area contributed by atoms with Crippen LogP contribution in [0.15, 0.2) is 44.9 Å². The Hall–Kier alpha value is -2.19. The molecule has 8 heteroatoms. The zero-order chi connectivity index (χ0) is 18.6. The van der Waals surface area contributed by atoms with Gasteiger partial charge in [-0.15, -0.1) is 0 Å². The Morgan fingerprint density at radius 2 is 1.72 bits per heavy atom. The van der Waals surface area contributed by atoms with E-state index in [1.807, 2.05) is 0 Å². The average Bonchev–Trinajstić information content (AvgIpc) is 2.61. The number of unbranched alkanes of at least 4 members (excludes halogenated alkanes) is 1.